The lowest BCUT2D eigenvalue weighted by Crippen LogP contribution is -2.42. The first-order valence-electron chi connectivity index (χ1n) is 6.51. The highest BCUT2D eigenvalue weighted by atomic mass is 32.2. The number of halogens is 1. The molecule has 1 saturated heterocycles. The van der Waals surface area contributed by atoms with Crippen LogP contribution in [0.3, 0.4) is 0 Å². The quantitative estimate of drug-likeness (QED) is 0.901. The standard InChI is InChI=1S/C13H17FN2O3S/c14-12-5-3-4-11(10-12)13(17)15-6-8-16-7-1-2-9-20(16,18)19/h3-5,10H,1-2,6-9H2,(H,15,17). The topological polar surface area (TPSA) is 66.5 Å². The maximum atomic E-state index is 13.0. The largest absolute Gasteiger partial charge is 0.351 e. The molecule has 0 aromatic heterocycles. The highest BCUT2D eigenvalue weighted by Crippen LogP contribution is 2.12. The maximum Gasteiger partial charge on any atom is 0.251 e. The Morgan fingerprint density at radius 2 is 2.15 bits per heavy atom. The minimum absolute atomic E-state index is 0.171. The summed E-state index contributed by atoms with van der Waals surface area (Å²) in [5.41, 5.74) is 0.228. The van der Waals surface area contributed by atoms with Crippen LogP contribution in [-0.2, 0) is 10.0 Å². The molecule has 7 heteroatoms. The van der Waals surface area contributed by atoms with E-state index in [9.17, 15) is 17.6 Å². The Morgan fingerprint density at radius 3 is 2.85 bits per heavy atom. The van der Waals surface area contributed by atoms with Gasteiger partial charge in [0.15, 0.2) is 0 Å². The molecule has 0 saturated carbocycles. The second kappa shape index (κ2) is 6.32. The third-order valence-electron chi connectivity index (χ3n) is 3.19. The van der Waals surface area contributed by atoms with Crippen LogP contribution in [0.1, 0.15) is 23.2 Å². The van der Waals surface area contributed by atoms with Crippen LogP contribution in [0.2, 0.25) is 0 Å². The minimum atomic E-state index is -3.17. The average molecular weight is 300 g/mol. The number of benzene rings is 1. The van der Waals surface area contributed by atoms with Gasteiger partial charge in [-0.15, -0.1) is 0 Å². The van der Waals surface area contributed by atoms with Gasteiger partial charge in [-0.05, 0) is 31.0 Å². The van der Waals surface area contributed by atoms with Crippen LogP contribution in [-0.4, -0.2) is 44.0 Å². The predicted molar refractivity (Wildman–Crippen MR) is 73.3 cm³/mol. The zero-order valence-corrected chi connectivity index (χ0v) is 11.8. The zero-order chi connectivity index (χ0) is 14.6. The fourth-order valence-electron chi connectivity index (χ4n) is 2.12. The molecule has 1 aliphatic heterocycles. The van der Waals surface area contributed by atoms with Crippen LogP contribution in [0.25, 0.3) is 0 Å². The third kappa shape index (κ3) is 3.77. The lowest BCUT2D eigenvalue weighted by atomic mass is 10.2. The molecule has 1 aromatic carbocycles. The number of carbonyl (C=O) groups is 1. The average Bonchev–Trinajstić information content (AvgIpc) is 2.40. The molecule has 0 unspecified atom stereocenters. The van der Waals surface area contributed by atoms with Gasteiger partial charge in [0.1, 0.15) is 5.82 Å². The SMILES string of the molecule is O=C(NCCN1CCCCS1(=O)=O)c1cccc(F)c1. The number of nitrogens with one attached hydrogen (secondary N) is 1. The molecular formula is C13H17FN2O3S. The molecule has 2 rings (SSSR count). The first-order valence-corrected chi connectivity index (χ1v) is 8.11. The Kier molecular flexibility index (Phi) is 4.72. The van der Waals surface area contributed by atoms with Crippen LogP contribution in [0.5, 0.6) is 0 Å². The van der Waals surface area contributed by atoms with Gasteiger partial charge in [-0.3, -0.25) is 4.79 Å². The number of rotatable bonds is 4. The Morgan fingerprint density at radius 1 is 1.35 bits per heavy atom. The molecule has 1 N–H and O–H groups in total. The van der Waals surface area contributed by atoms with Crippen LogP contribution in [0.15, 0.2) is 24.3 Å². The summed E-state index contributed by atoms with van der Waals surface area (Å²) in [5.74, 6) is -0.708. The van der Waals surface area contributed by atoms with Crippen LogP contribution < -0.4 is 5.32 Å². The maximum absolute atomic E-state index is 13.0. The molecule has 20 heavy (non-hydrogen) atoms. The van der Waals surface area contributed by atoms with E-state index in [1.54, 1.807) is 0 Å². The molecule has 1 heterocycles. The van der Waals surface area contributed by atoms with Gasteiger partial charge >= 0.3 is 0 Å². The fraction of sp³-hybridized carbons (Fsp3) is 0.462. The Labute approximate surface area is 117 Å². The van der Waals surface area contributed by atoms with Crippen molar-refractivity contribution in [2.75, 3.05) is 25.4 Å². The molecule has 1 amide bonds. The first-order chi connectivity index (χ1) is 9.49. The lowest BCUT2D eigenvalue weighted by Gasteiger charge is -2.26. The van der Waals surface area contributed by atoms with Gasteiger partial charge in [-0.1, -0.05) is 6.07 Å². The summed E-state index contributed by atoms with van der Waals surface area (Å²) in [5, 5.41) is 2.60. The summed E-state index contributed by atoms with van der Waals surface area (Å²) in [6, 6.07) is 5.37. The monoisotopic (exact) mass is 300 g/mol. The first kappa shape index (κ1) is 14.9. The van der Waals surface area contributed by atoms with E-state index in [0.29, 0.717) is 13.0 Å². The van der Waals surface area contributed by atoms with Gasteiger partial charge in [-0.25, -0.2) is 17.1 Å². The number of hydrogen-bond acceptors (Lipinski definition) is 3. The van der Waals surface area contributed by atoms with Crippen LogP contribution >= 0.6 is 0 Å². The number of sulfonamides is 1. The van der Waals surface area contributed by atoms with Crippen molar-refractivity contribution in [2.24, 2.45) is 0 Å². The van der Waals surface area contributed by atoms with Crippen LogP contribution in [0, 0.1) is 5.82 Å². The molecule has 110 valence electrons. The summed E-state index contributed by atoms with van der Waals surface area (Å²) in [4.78, 5) is 11.8. The molecule has 0 aliphatic carbocycles. The van der Waals surface area contributed by atoms with E-state index in [1.165, 1.54) is 22.5 Å². The number of hydrogen-bond donors (Lipinski definition) is 1. The van der Waals surface area contributed by atoms with E-state index in [1.807, 2.05) is 0 Å². The summed E-state index contributed by atoms with van der Waals surface area (Å²) in [6.07, 6.45) is 1.53. The molecule has 1 aromatic rings. The van der Waals surface area contributed by atoms with E-state index >= 15 is 0 Å². The molecule has 0 atom stereocenters. The van der Waals surface area contributed by atoms with Gasteiger partial charge < -0.3 is 5.32 Å². The number of nitrogens with zero attached hydrogens (tertiary/aromatic N) is 1. The molecule has 1 fully saturated rings. The number of carbonyl (C=O) groups excluding carboxylic acids is 1. The normalized spacial score (nSPS) is 18.6. The van der Waals surface area contributed by atoms with Crippen molar-refractivity contribution < 1.29 is 17.6 Å². The lowest BCUT2D eigenvalue weighted by molar-refractivity contribution is 0.0951. The van der Waals surface area contributed by atoms with Crippen molar-refractivity contribution in [3.8, 4) is 0 Å². The number of amides is 1. The van der Waals surface area contributed by atoms with Crippen LogP contribution in [0.4, 0.5) is 4.39 Å². The van der Waals surface area contributed by atoms with Gasteiger partial charge in [0.2, 0.25) is 10.0 Å². The predicted octanol–water partition coefficient (Wildman–Crippen LogP) is 0.981. The second-order valence-corrected chi connectivity index (χ2v) is 6.78. The molecule has 0 bridgehead atoms. The summed E-state index contributed by atoms with van der Waals surface area (Å²) < 4.78 is 37.8. The molecule has 1 aliphatic rings. The zero-order valence-electron chi connectivity index (χ0n) is 11.0. The molecule has 0 radical (unpaired) electrons. The Balaban J connectivity index is 1.85. The molecule has 5 nitrogen and oxygen atoms in total. The van der Waals surface area contributed by atoms with E-state index in [0.717, 1.165) is 12.5 Å². The van der Waals surface area contributed by atoms with E-state index in [2.05, 4.69) is 5.32 Å². The van der Waals surface area contributed by atoms with Crippen molar-refractivity contribution in [2.45, 2.75) is 12.8 Å². The minimum Gasteiger partial charge on any atom is -0.351 e. The van der Waals surface area contributed by atoms with Crippen molar-refractivity contribution in [3.05, 3.63) is 35.6 Å². The summed E-state index contributed by atoms with van der Waals surface area (Å²) in [6.45, 7) is 0.968. The van der Waals surface area contributed by atoms with Crippen molar-refractivity contribution in [1.82, 2.24) is 9.62 Å². The highest BCUT2D eigenvalue weighted by Gasteiger charge is 2.25. The summed E-state index contributed by atoms with van der Waals surface area (Å²) >= 11 is 0. The Bertz CT molecular complexity index is 589. The van der Waals surface area contributed by atoms with Gasteiger partial charge in [0.05, 0.1) is 5.75 Å². The van der Waals surface area contributed by atoms with Gasteiger partial charge in [0.25, 0.3) is 5.91 Å². The van der Waals surface area contributed by atoms with Crippen molar-refractivity contribution in [3.63, 3.8) is 0 Å². The van der Waals surface area contributed by atoms with Gasteiger partial charge in [-0.2, -0.15) is 0 Å². The highest BCUT2D eigenvalue weighted by molar-refractivity contribution is 7.89. The Hall–Kier alpha value is -1.47. The summed E-state index contributed by atoms with van der Waals surface area (Å²) in [7, 11) is -3.17. The van der Waals surface area contributed by atoms with E-state index < -0.39 is 21.7 Å². The van der Waals surface area contributed by atoms with Gasteiger partial charge in [0, 0.05) is 25.2 Å². The third-order valence-corrected chi connectivity index (χ3v) is 5.14. The van der Waals surface area contributed by atoms with E-state index in [4.69, 9.17) is 0 Å². The van der Waals surface area contributed by atoms with Crippen molar-refractivity contribution in [1.29, 1.82) is 0 Å². The fourth-order valence-corrected chi connectivity index (χ4v) is 3.72. The van der Waals surface area contributed by atoms with E-state index in [-0.39, 0.29) is 24.4 Å². The van der Waals surface area contributed by atoms with Crippen molar-refractivity contribution >= 4 is 15.9 Å². The molecular weight excluding hydrogens is 283 g/mol. The second-order valence-electron chi connectivity index (χ2n) is 4.69. The smallest absolute Gasteiger partial charge is 0.251 e. The molecule has 0 spiro atoms.